The monoisotopic (exact) mass is 473 g/mol. The summed E-state index contributed by atoms with van der Waals surface area (Å²) in [5, 5.41) is 6.51. The van der Waals surface area contributed by atoms with Gasteiger partial charge in [-0.1, -0.05) is 18.2 Å². The molecule has 0 atom stereocenters. The lowest BCUT2D eigenvalue weighted by molar-refractivity contribution is -0.122. The van der Waals surface area contributed by atoms with Crippen LogP contribution in [0.3, 0.4) is 0 Å². The standard InChI is InChI=1S/C20H23N7O5S/c1-13-7-8-15(19(29)27(13)12-17(28)23-10-11-32-25-20(21)22)26-33(30,31)16-6-2-4-14-5-3-9-24-18(14)16/h2-9,26H,10-12H2,1H3,(H,23,28)(H4,21,22,25). The van der Waals surface area contributed by atoms with Gasteiger partial charge >= 0.3 is 0 Å². The number of aryl methyl sites for hydroxylation is 1. The molecule has 33 heavy (non-hydrogen) atoms. The highest BCUT2D eigenvalue weighted by atomic mass is 32.2. The predicted molar refractivity (Wildman–Crippen MR) is 123 cm³/mol. The first-order chi connectivity index (χ1) is 15.7. The number of benzene rings is 1. The van der Waals surface area contributed by atoms with Gasteiger partial charge in [0.25, 0.3) is 15.6 Å². The number of rotatable bonds is 9. The van der Waals surface area contributed by atoms with Crippen LogP contribution in [0.1, 0.15) is 5.69 Å². The fourth-order valence-corrected chi connectivity index (χ4v) is 4.23. The zero-order valence-electron chi connectivity index (χ0n) is 17.7. The maximum absolute atomic E-state index is 13.0. The Hall–Kier alpha value is -4.13. The maximum Gasteiger partial charge on any atom is 0.275 e. The average Bonchev–Trinajstić information content (AvgIpc) is 2.77. The van der Waals surface area contributed by atoms with Gasteiger partial charge in [-0.05, 0) is 36.3 Å². The van der Waals surface area contributed by atoms with Crippen molar-refractivity contribution in [3.8, 4) is 0 Å². The van der Waals surface area contributed by atoms with Crippen molar-refractivity contribution in [2.75, 3.05) is 17.9 Å². The molecule has 0 aliphatic carbocycles. The van der Waals surface area contributed by atoms with Gasteiger partial charge in [-0.3, -0.25) is 19.3 Å². The molecular formula is C20H23N7O5S. The molecule has 0 aliphatic heterocycles. The molecule has 174 valence electrons. The number of sulfonamides is 1. The van der Waals surface area contributed by atoms with Gasteiger partial charge < -0.3 is 26.2 Å². The maximum atomic E-state index is 13.0. The number of fused-ring (bicyclic) bond motifs is 1. The second-order valence-corrected chi connectivity index (χ2v) is 8.57. The summed E-state index contributed by atoms with van der Waals surface area (Å²) in [7, 11) is -4.12. The van der Waals surface area contributed by atoms with Crippen molar-refractivity contribution >= 4 is 38.5 Å². The Kier molecular flexibility index (Phi) is 7.13. The molecule has 3 aromatic rings. The lowest BCUT2D eigenvalue weighted by Crippen LogP contribution is -2.36. The van der Waals surface area contributed by atoms with Crippen molar-refractivity contribution in [2.45, 2.75) is 18.4 Å². The van der Waals surface area contributed by atoms with E-state index in [4.69, 9.17) is 16.3 Å². The van der Waals surface area contributed by atoms with Gasteiger partial charge in [-0.25, -0.2) is 8.42 Å². The Labute approximate surface area is 189 Å². The number of guanidine groups is 1. The Morgan fingerprint density at radius 2 is 1.94 bits per heavy atom. The number of para-hydroxylation sites is 1. The van der Waals surface area contributed by atoms with E-state index in [1.165, 1.54) is 24.4 Å². The van der Waals surface area contributed by atoms with Gasteiger partial charge in [-0.15, -0.1) is 0 Å². The van der Waals surface area contributed by atoms with Crippen molar-refractivity contribution in [3.05, 3.63) is 64.7 Å². The summed E-state index contributed by atoms with van der Waals surface area (Å²) in [6, 6.07) is 11.1. The first-order valence-corrected chi connectivity index (χ1v) is 11.2. The first kappa shape index (κ1) is 23.5. The molecule has 0 spiro atoms. The summed E-state index contributed by atoms with van der Waals surface area (Å²) in [6.45, 7) is 1.43. The largest absolute Gasteiger partial charge is 0.391 e. The second-order valence-electron chi connectivity index (χ2n) is 6.92. The number of amides is 1. The number of carbonyl (C=O) groups is 1. The molecule has 0 bridgehead atoms. The van der Waals surface area contributed by atoms with Gasteiger partial charge in [0, 0.05) is 17.3 Å². The molecule has 12 nitrogen and oxygen atoms in total. The molecule has 0 aliphatic rings. The number of anilines is 1. The van der Waals surface area contributed by atoms with Crippen LogP contribution in [-0.2, 0) is 26.2 Å². The number of pyridine rings is 2. The molecule has 0 radical (unpaired) electrons. The Balaban J connectivity index is 1.78. The Morgan fingerprint density at radius 1 is 1.18 bits per heavy atom. The number of nitrogens with one attached hydrogen (secondary N) is 2. The lowest BCUT2D eigenvalue weighted by atomic mass is 10.2. The van der Waals surface area contributed by atoms with Crippen molar-refractivity contribution in [3.63, 3.8) is 0 Å². The van der Waals surface area contributed by atoms with Crippen LogP contribution in [0.25, 0.3) is 10.9 Å². The number of hydrogen-bond donors (Lipinski definition) is 4. The molecule has 1 amide bonds. The minimum atomic E-state index is -4.12. The summed E-state index contributed by atoms with van der Waals surface area (Å²) in [6.07, 6.45) is 1.49. The van der Waals surface area contributed by atoms with Crippen molar-refractivity contribution < 1.29 is 18.0 Å². The summed E-state index contributed by atoms with van der Waals surface area (Å²) in [4.78, 5) is 34.0. The average molecular weight is 474 g/mol. The van der Waals surface area contributed by atoms with Gasteiger partial charge in [0.05, 0.1) is 12.1 Å². The molecule has 2 aromatic heterocycles. The zero-order chi connectivity index (χ0) is 24.0. The van der Waals surface area contributed by atoms with Crippen LogP contribution in [0.2, 0.25) is 0 Å². The highest BCUT2D eigenvalue weighted by Crippen LogP contribution is 2.22. The molecule has 0 saturated carbocycles. The molecule has 0 fully saturated rings. The summed E-state index contributed by atoms with van der Waals surface area (Å²) in [5.41, 5.74) is 10.1. The molecule has 1 aromatic carbocycles. The van der Waals surface area contributed by atoms with Gasteiger partial charge in [0.15, 0.2) is 0 Å². The fourth-order valence-electron chi connectivity index (χ4n) is 2.99. The van der Waals surface area contributed by atoms with Crippen molar-refractivity contribution in [1.29, 1.82) is 0 Å². The van der Waals surface area contributed by atoms with Crippen molar-refractivity contribution in [2.24, 2.45) is 16.6 Å². The highest BCUT2D eigenvalue weighted by molar-refractivity contribution is 7.93. The predicted octanol–water partition coefficient (Wildman–Crippen LogP) is -0.173. The summed E-state index contributed by atoms with van der Waals surface area (Å²) < 4.78 is 29.5. The third kappa shape index (κ3) is 5.77. The zero-order valence-corrected chi connectivity index (χ0v) is 18.5. The van der Waals surface area contributed by atoms with E-state index in [9.17, 15) is 18.0 Å². The van der Waals surface area contributed by atoms with Gasteiger partial charge in [0.2, 0.25) is 11.9 Å². The quantitative estimate of drug-likeness (QED) is 0.143. The molecular weight excluding hydrogens is 450 g/mol. The normalized spacial score (nSPS) is 11.1. The molecule has 3 rings (SSSR count). The number of hydrogen-bond acceptors (Lipinski definition) is 7. The topological polar surface area (TPSA) is 184 Å². The van der Waals surface area contributed by atoms with Gasteiger partial charge in [0.1, 0.15) is 23.7 Å². The third-order valence-electron chi connectivity index (χ3n) is 4.51. The van der Waals surface area contributed by atoms with Crippen molar-refractivity contribution in [1.82, 2.24) is 14.9 Å². The molecule has 2 heterocycles. The van der Waals surface area contributed by atoms with Crippen LogP contribution in [0.4, 0.5) is 5.69 Å². The van der Waals surface area contributed by atoms with E-state index in [-0.39, 0.29) is 41.8 Å². The minimum absolute atomic E-state index is 0.0242. The SMILES string of the molecule is Cc1ccc(NS(=O)(=O)c2cccc3cccnc23)c(=O)n1CC(=O)NCCON=C(N)N. The van der Waals surface area contributed by atoms with E-state index in [1.807, 2.05) is 0 Å². The first-order valence-electron chi connectivity index (χ1n) is 9.73. The van der Waals surface area contributed by atoms with Crippen LogP contribution in [0.15, 0.2) is 63.5 Å². The van der Waals surface area contributed by atoms with Gasteiger partial charge in [-0.2, -0.15) is 0 Å². The molecule has 13 heteroatoms. The Morgan fingerprint density at radius 3 is 2.70 bits per heavy atom. The molecule has 6 N–H and O–H groups in total. The van der Waals surface area contributed by atoms with Crippen LogP contribution in [0.5, 0.6) is 0 Å². The van der Waals surface area contributed by atoms with E-state index in [1.54, 1.807) is 31.2 Å². The van der Waals surface area contributed by atoms with E-state index in [0.29, 0.717) is 11.1 Å². The van der Waals surface area contributed by atoms with E-state index in [2.05, 4.69) is 20.2 Å². The lowest BCUT2D eigenvalue weighted by Gasteiger charge is -2.14. The van der Waals surface area contributed by atoms with E-state index < -0.39 is 21.5 Å². The number of nitrogens with two attached hydrogens (primary N) is 2. The van der Waals surface area contributed by atoms with Crippen LogP contribution >= 0.6 is 0 Å². The minimum Gasteiger partial charge on any atom is -0.391 e. The second kappa shape index (κ2) is 9.99. The smallest absolute Gasteiger partial charge is 0.275 e. The number of nitrogens with zero attached hydrogens (tertiary/aromatic N) is 3. The number of carbonyl (C=O) groups excluding carboxylic acids is 1. The van der Waals surface area contributed by atoms with E-state index in [0.717, 1.165) is 4.57 Å². The third-order valence-corrected chi connectivity index (χ3v) is 5.91. The molecule has 0 saturated heterocycles. The van der Waals surface area contributed by atoms with Crippen LogP contribution in [0, 0.1) is 6.92 Å². The number of oxime groups is 1. The summed E-state index contributed by atoms with van der Waals surface area (Å²) in [5.74, 6) is -0.728. The van der Waals surface area contributed by atoms with E-state index >= 15 is 0 Å². The van der Waals surface area contributed by atoms with Crippen LogP contribution < -0.4 is 27.1 Å². The summed E-state index contributed by atoms with van der Waals surface area (Å²) >= 11 is 0. The highest BCUT2D eigenvalue weighted by Gasteiger charge is 2.21. The number of aromatic nitrogens is 2. The molecule has 0 unspecified atom stereocenters. The fraction of sp³-hybridized carbons (Fsp3) is 0.200. The van der Waals surface area contributed by atoms with Crippen LogP contribution in [-0.4, -0.2) is 43.0 Å². The Bertz CT molecular complexity index is 1360.